The molecule has 1 heterocycles. The van der Waals surface area contributed by atoms with Crippen molar-refractivity contribution in [3.8, 4) is 0 Å². The molecule has 3 nitrogen and oxygen atoms in total. The van der Waals surface area contributed by atoms with Crippen LogP contribution in [0.5, 0.6) is 0 Å². The number of fused-ring (bicyclic) bond motifs is 3. The zero-order valence-corrected chi connectivity index (χ0v) is 12.2. The van der Waals surface area contributed by atoms with Crippen LogP contribution in [0.4, 0.5) is 13.2 Å². The molecule has 0 spiro atoms. The molecule has 6 heteroatoms. The topological polar surface area (TPSA) is 39.4 Å². The molecule has 2 aromatic carbocycles. The predicted molar refractivity (Wildman–Crippen MR) is 79.1 cm³/mol. The van der Waals surface area contributed by atoms with Gasteiger partial charge >= 0.3 is 12.1 Å². The highest BCUT2D eigenvalue weighted by molar-refractivity contribution is 6.05. The number of carbonyl (C=O) groups excluding carboxylic acids is 1. The summed E-state index contributed by atoms with van der Waals surface area (Å²) in [6.45, 7) is 2.02. The van der Waals surface area contributed by atoms with Crippen LogP contribution in [0.3, 0.4) is 0 Å². The number of carbonyl (C=O) groups is 1. The van der Waals surface area contributed by atoms with Gasteiger partial charge in [0.05, 0.1) is 18.6 Å². The summed E-state index contributed by atoms with van der Waals surface area (Å²) in [5, 5.41) is 0.983. The third-order valence-corrected chi connectivity index (χ3v) is 3.52. The summed E-state index contributed by atoms with van der Waals surface area (Å²) in [5.41, 5.74) is 0.789. The van der Waals surface area contributed by atoms with Crippen molar-refractivity contribution in [3.63, 3.8) is 0 Å². The van der Waals surface area contributed by atoms with Crippen molar-refractivity contribution in [2.45, 2.75) is 19.5 Å². The average Bonchev–Trinajstić information content (AvgIpc) is 2.83. The first-order chi connectivity index (χ1) is 10.9. The maximum Gasteiger partial charge on any atom is 0.416 e. The Labute approximate surface area is 129 Å². The summed E-state index contributed by atoms with van der Waals surface area (Å²) in [5.74, 6) is -0.359. The molecule has 0 fully saturated rings. The van der Waals surface area contributed by atoms with E-state index in [9.17, 15) is 18.0 Å². The standard InChI is InChI=1S/C17H13F3O3/c1-2-22-16(21)8-10-3-5-12-13-9-11(17(18,19)20)4-6-14(13)23-15(12)7-10/h3-7,9H,2,8H2,1H3. The maximum atomic E-state index is 12.8. The second-order valence-electron chi connectivity index (χ2n) is 5.12. The molecule has 120 valence electrons. The van der Waals surface area contributed by atoms with Gasteiger partial charge in [-0.2, -0.15) is 13.2 Å². The van der Waals surface area contributed by atoms with Gasteiger partial charge in [0.1, 0.15) is 11.2 Å². The predicted octanol–water partition coefficient (Wildman–Crippen LogP) is 4.71. The fourth-order valence-electron chi connectivity index (χ4n) is 2.49. The van der Waals surface area contributed by atoms with Gasteiger partial charge in [0, 0.05) is 10.8 Å². The molecule has 0 radical (unpaired) electrons. The summed E-state index contributed by atoms with van der Waals surface area (Å²) >= 11 is 0. The molecule has 0 bridgehead atoms. The fourth-order valence-corrected chi connectivity index (χ4v) is 2.49. The van der Waals surface area contributed by atoms with Gasteiger partial charge in [-0.1, -0.05) is 12.1 Å². The van der Waals surface area contributed by atoms with Crippen LogP contribution >= 0.6 is 0 Å². The van der Waals surface area contributed by atoms with Crippen molar-refractivity contribution in [1.29, 1.82) is 0 Å². The molecular formula is C17H13F3O3. The molecule has 0 N–H and O–H groups in total. The summed E-state index contributed by atoms with van der Waals surface area (Å²) in [6, 6.07) is 8.38. The van der Waals surface area contributed by atoms with Crippen LogP contribution in [0.1, 0.15) is 18.1 Å². The number of rotatable bonds is 3. The van der Waals surface area contributed by atoms with E-state index in [1.54, 1.807) is 25.1 Å². The second kappa shape index (κ2) is 5.61. The molecule has 0 amide bonds. The molecule has 0 unspecified atom stereocenters. The van der Waals surface area contributed by atoms with Crippen LogP contribution in [0.15, 0.2) is 40.8 Å². The first kappa shape index (κ1) is 15.4. The van der Waals surface area contributed by atoms with Gasteiger partial charge in [0.25, 0.3) is 0 Å². The third kappa shape index (κ3) is 3.02. The third-order valence-electron chi connectivity index (χ3n) is 3.52. The lowest BCUT2D eigenvalue weighted by atomic mass is 10.1. The number of hydrogen-bond acceptors (Lipinski definition) is 3. The van der Waals surface area contributed by atoms with Crippen molar-refractivity contribution >= 4 is 27.9 Å². The monoisotopic (exact) mass is 322 g/mol. The van der Waals surface area contributed by atoms with Crippen molar-refractivity contribution in [2.75, 3.05) is 6.61 Å². The van der Waals surface area contributed by atoms with E-state index in [-0.39, 0.29) is 12.4 Å². The van der Waals surface area contributed by atoms with E-state index in [2.05, 4.69) is 0 Å². The van der Waals surface area contributed by atoms with E-state index in [4.69, 9.17) is 9.15 Å². The summed E-state index contributed by atoms with van der Waals surface area (Å²) in [4.78, 5) is 11.5. The Morgan fingerprint density at radius 3 is 2.57 bits per heavy atom. The van der Waals surface area contributed by atoms with Crippen LogP contribution < -0.4 is 0 Å². The van der Waals surface area contributed by atoms with Crippen molar-refractivity contribution < 1.29 is 27.1 Å². The van der Waals surface area contributed by atoms with Crippen molar-refractivity contribution in [2.24, 2.45) is 0 Å². The van der Waals surface area contributed by atoms with E-state index in [0.717, 1.165) is 12.1 Å². The minimum Gasteiger partial charge on any atom is -0.466 e. The Balaban J connectivity index is 2.04. The highest BCUT2D eigenvalue weighted by Crippen LogP contribution is 2.35. The Kier molecular flexibility index (Phi) is 3.75. The smallest absolute Gasteiger partial charge is 0.416 e. The lowest BCUT2D eigenvalue weighted by Crippen LogP contribution is -2.07. The van der Waals surface area contributed by atoms with Gasteiger partial charge in [-0.05, 0) is 36.8 Å². The minimum absolute atomic E-state index is 0.0919. The molecule has 1 aromatic heterocycles. The highest BCUT2D eigenvalue weighted by Gasteiger charge is 2.31. The SMILES string of the molecule is CCOC(=O)Cc1ccc2c(c1)oc1ccc(C(F)(F)F)cc12. The molecule has 3 aromatic rings. The summed E-state index contributed by atoms with van der Waals surface area (Å²) in [7, 11) is 0. The van der Waals surface area contributed by atoms with Gasteiger partial charge in [0.15, 0.2) is 0 Å². The first-order valence-electron chi connectivity index (χ1n) is 7.06. The van der Waals surface area contributed by atoms with Crippen LogP contribution in [-0.2, 0) is 22.1 Å². The highest BCUT2D eigenvalue weighted by atomic mass is 19.4. The van der Waals surface area contributed by atoms with Gasteiger partial charge in [0.2, 0.25) is 0 Å². The average molecular weight is 322 g/mol. The normalized spacial score (nSPS) is 12.0. The minimum atomic E-state index is -4.40. The number of benzene rings is 2. The van der Waals surface area contributed by atoms with E-state index in [0.29, 0.717) is 34.1 Å². The molecular weight excluding hydrogens is 309 g/mol. The molecule has 0 aliphatic rings. The van der Waals surface area contributed by atoms with E-state index < -0.39 is 11.7 Å². The number of halogens is 3. The Bertz CT molecular complexity index is 878. The van der Waals surface area contributed by atoms with Gasteiger partial charge in [-0.25, -0.2) is 0 Å². The number of alkyl halides is 3. The second-order valence-corrected chi connectivity index (χ2v) is 5.12. The lowest BCUT2D eigenvalue weighted by Gasteiger charge is -2.05. The number of esters is 1. The van der Waals surface area contributed by atoms with Crippen LogP contribution in [0.25, 0.3) is 21.9 Å². The first-order valence-corrected chi connectivity index (χ1v) is 7.06. The Morgan fingerprint density at radius 1 is 1.09 bits per heavy atom. The maximum absolute atomic E-state index is 12.8. The van der Waals surface area contributed by atoms with Crippen molar-refractivity contribution in [3.05, 3.63) is 47.5 Å². The molecule has 0 saturated heterocycles. The van der Waals surface area contributed by atoms with E-state index in [1.807, 2.05) is 0 Å². The summed E-state index contributed by atoms with van der Waals surface area (Å²) < 4.78 is 48.9. The molecule has 23 heavy (non-hydrogen) atoms. The molecule has 0 atom stereocenters. The molecule has 3 rings (SSSR count). The lowest BCUT2D eigenvalue weighted by molar-refractivity contribution is -0.142. The van der Waals surface area contributed by atoms with Gasteiger partial charge in [-0.3, -0.25) is 4.79 Å². The van der Waals surface area contributed by atoms with Crippen LogP contribution in [-0.4, -0.2) is 12.6 Å². The molecule has 0 aliphatic heterocycles. The van der Waals surface area contributed by atoms with Crippen LogP contribution in [0, 0.1) is 0 Å². The zero-order valence-electron chi connectivity index (χ0n) is 12.2. The Hall–Kier alpha value is -2.50. The van der Waals surface area contributed by atoms with Gasteiger partial charge < -0.3 is 9.15 Å². The Morgan fingerprint density at radius 2 is 1.87 bits per heavy atom. The molecule has 0 saturated carbocycles. The number of furan rings is 1. The van der Waals surface area contributed by atoms with E-state index in [1.165, 1.54) is 6.07 Å². The van der Waals surface area contributed by atoms with Gasteiger partial charge in [-0.15, -0.1) is 0 Å². The number of hydrogen-bond donors (Lipinski definition) is 0. The fraction of sp³-hybridized carbons (Fsp3) is 0.235. The van der Waals surface area contributed by atoms with E-state index >= 15 is 0 Å². The largest absolute Gasteiger partial charge is 0.466 e. The summed E-state index contributed by atoms with van der Waals surface area (Å²) in [6.07, 6.45) is -4.31. The van der Waals surface area contributed by atoms with Crippen LogP contribution in [0.2, 0.25) is 0 Å². The van der Waals surface area contributed by atoms with Crippen molar-refractivity contribution in [1.82, 2.24) is 0 Å². The number of ether oxygens (including phenoxy) is 1. The zero-order chi connectivity index (χ0) is 16.6. The quantitative estimate of drug-likeness (QED) is 0.656. The molecule has 0 aliphatic carbocycles.